The van der Waals surface area contributed by atoms with E-state index < -0.39 is 6.10 Å². The molecule has 0 spiro atoms. The first-order chi connectivity index (χ1) is 8.00. The van der Waals surface area contributed by atoms with Crippen molar-refractivity contribution in [2.24, 2.45) is 7.05 Å². The van der Waals surface area contributed by atoms with Crippen LogP contribution in [0.5, 0.6) is 0 Å². The number of aliphatic hydroxyl groups is 1. The number of hydrogen-bond donors (Lipinski definition) is 1. The molecule has 4 nitrogen and oxygen atoms in total. The van der Waals surface area contributed by atoms with E-state index in [0.29, 0.717) is 17.2 Å². The molecule has 17 heavy (non-hydrogen) atoms. The predicted molar refractivity (Wildman–Crippen MR) is 65.1 cm³/mol. The van der Waals surface area contributed by atoms with Crippen molar-refractivity contribution in [2.45, 2.75) is 26.4 Å². The third kappa shape index (κ3) is 2.23. The maximum atomic E-state index is 10.1. The highest BCUT2D eigenvalue weighted by Gasteiger charge is 2.19. The molecule has 92 valence electrons. The van der Waals surface area contributed by atoms with Crippen molar-refractivity contribution in [3.63, 3.8) is 0 Å². The smallest absolute Gasteiger partial charge is 0.135 e. The van der Waals surface area contributed by atoms with Crippen LogP contribution in [0.4, 0.5) is 0 Å². The minimum absolute atomic E-state index is 0.393. The third-order valence-corrected chi connectivity index (χ3v) is 3.34. The summed E-state index contributed by atoms with van der Waals surface area (Å²) in [5.74, 6) is 0.583. The number of furan rings is 1. The standard InChI is InChI=1S/C12H15ClN2O2/c1-7-4-5-17-12(7)10(16)6-9-11(13)8(2)14-15(9)3/h4-5,10,16H,6H2,1-3H3. The zero-order valence-corrected chi connectivity index (χ0v) is 10.8. The van der Waals surface area contributed by atoms with Crippen molar-refractivity contribution in [1.82, 2.24) is 9.78 Å². The van der Waals surface area contributed by atoms with Crippen molar-refractivity contribution < 1.29 is 9.52 Å². The summed E-state index contributed by atoms with van der Waals surface area (Å²) in [6.45, 7) is 3.74. The van der Waals surface area contributed by atoms with Gasteiger partial charge in [0.05, 0.1) is 22.7 Å². The number of aryl methyl sites for hydroxylation is 3. The molecule has 0 saturated carbocycles. The molecule has 0 aliphatic carbocycles. The molecule has 2 rings (SSSR count). The fraction of sp³-hybridized carbons (Fsp3) is 0.417. The van der Waals surface area contributed by atoms with Crippen LogP contribution in [-0.2, 0) is 13.5 Å². The van der Waals surface area contributed by atoms with Crippen LogP contribution in [0, 0.1) is 13.8 Å². The lowest BCUT2D eigenvalue weighted by molar-refractivity contribution is 0.147. The van der Waals surface area contributed by atoms with E-state index in [1.165, 1.54) is 0 Å². The second-order valence-electron chi connectivity index (χ2n) is 4.16. The SMILES string of the molecule is Cc1ccoc1C(O)Cc1c(Cl)c(C)nn1C. The van der Waals surface area contributed by atoms with Gasteiger partial charge in [-0.3, -0.25) is 4.68 Å². The van der Waals surface area contributed by atoms with Crippen LogP contribution < -0.4 is 0 Å². The molecule has 2 aromatic heterocycles. The van der Waals surface area contributed by atoms with Crippen molar-refractivity contribution in [3.05, 3.63) is 40.1 Å². The number of halogens is 1. The van der Waals surface area contributed by atoms with E-state index in [-0.39, 0.29) is 0 Å². The Hall–Kier alpha value is -1.26. The Balaban J connectivity index is 2.24. The molecule has 2 aromatic rings. The van der Waals surface area contributed by atoms with E-state index in [4.69, 9.17) is 16.0 Å². The first-order valence-corrected chi connectivity index (χ1v) is 5.78. The van der Waals surface area contributed by atoms with E-state index >= 15 is 0 Å². The van der Waals surface area contributed by atoms with Gasteiger partial charge in [0.1, 0.15) is 11.9 Å². The van der Waals surface area contributed by atoms with Gasteiger partial charge in [-0.05, 0) is 25.5 Å². The lowest BCUT2D eigenvalue weighted by Crippen LogP contribution is -2.07. The average molecular weight is 255 g/mol. The molecule has 1 atom stereocenters. The van der Waals surface area contributed by atoms with Gasteiger partial charge < -0.3 is 9.52 Å². The van der Waals surface area contributed by atoms with Gasteiger partial charge in [0.15, 0.2) is 0 Å². The maximum Gasteiger partial charge on any atom is 0.135 e. The van der Waals surface area contributed by atoms with Crippen molar-refractivity contribution in [1.29, 1.82) is 0 Å². The van der Waals surface area contributed by atoms with E-state index in [2.05, 4.69) is 5.10 Å². The van der Waals surface area contributed by atoms with Gasteiger partial charge in [0.2, 0.25) is 0 Å². The Bertz CT molecular complexity index is 531. The summed E-state index contributed by atoms with van der Waals surface area (Å²) in [5, 5.41) is 14.9. The van der Waals surface area contributed by atoms with Gasteiger partial charge in [0, 0.05) is 13.5 Å². The lowest BCUT2D eigenvalue weighted by Gasteiger charge is -2.09. The van der Waals surface area contributed by atoms with Crippen LogP contribution in [0.1, 0.15) is 28.8 Å². The van der Waals surface area contributed by atoms with Gasteiger partial charge in [-0.1, -0.05) is 11.6 Å². The molecule has 0 saturated heterocycles. The summed E-state index contributed by atoms with van der Waals surface area (Å²) >= 11 is 6.13. The minimum atomic E-state index is -0.697. The normalized spacial score (nSPS) is 13.0. The molecule has 1 N–H and O–H groups in total. The lowest BCUT2D eigenvalue weighted by atomic mass is 10.1. The largest absolute Gasteiger partial charge is 0.466 e. The molecule has 2 heterocycles. The van der Waals surface area contributed by atoms with Crippen LogP contribution in [0.3, 0.4) is 0 Å². The molecule has 0 bridgehead atoms. The van der Waals surface area contributed by atoms with E-state index in [1.807, 2.05) is 27.0 Å². The maximum absolute atomic E-state index is 10.1. The van der Waals surface area contributed by atoms with Crippen LogP contribution in [0.25, 0.3) is 0 Å². The van der Waals surface area contributed by atoms with Crippen LogP contribution >= 0.6 is 11.6 Å². The van der Waals surface area contributed by atoms with Crippen molar-refractivity contribution >= 4 is 11.6 Å². The fourth-order valence-corrected chi connectivity index (χ4v) is 2.14. The molecule has 0 fully saturated rings. The van der Waals surface area contributed by atoms with E-state index in [0.717, 1.165) is 17.0 Å². The van der Waals surface area contributed by atoms with Gasteiger partial charge in [-0.2, -0.15) is 5.10 Å². The number of nitrogens with zero attached hydrogens (tertiary/aromatic N) is 2. The quantitative estimate of drug-likeness (QED) is 0.916. The van der Waals surface area contributed by atoms with Gasteiger partial charge in [-0.25, -0.2) is 0 Å². The minimum Gasteiger partial charge on any atom is -0.466 e. The molecule has 0 aromatic carbocycles. The zero-order valence-electron chi connectivity index (χ0n) is 10.1. The van der Waals surface area contributed by atoms with Gasteiger partial charge >= 0.3 is 0 Å². The fourth-order valence-electron chi connectivity index (χ4n) is 1.90. The zero-order chi connectivity index (χ0) is 12.6. The summed E-state index contributed by atoms with van der Waals surface area (Å²) in [7, 11) is 1.82. The molecule has 5 heteroatoms. The molecular formula is C12H15ClN2O2. The topological polar surface area (TPSA) is 51.2 Å². The molecule has 1 unspecified atom stereocenters. The second-order valence-corrected chi connectivity index (χ2v) is 4.54. The summed E-state index contributed by atoms with van der Waals surface area (Å²) in [6.07, 6.45) is 1.27. The van der Waals surface area contributed by atoms with Crippen LogP contribution in [0.2, 0.25) is 5.02 Å². The van der Waals surface area contributed by atoms with E-state index in [9.17, 15) is 5.11 Å². The number of rotatable bonds is 3. The first kappa shape index (κ1) is 12.2. The molecule has 0 amide bonds. The summed E-state index contributed by atoms with van der Waals surface area (Å²) in [4.78, 5) is 0. The van der Waals surface area contributed by atoms with Crippen molar-refractivity contribution in [3.8, 4) is 0 Å². The van der Waals surface area contributed by atoms with E-state index in [1.54, 1.807) is 10.9 Å². The van der Waals surface area contributed by atoms with Crippen LogP contribution in [0.15, 0.2) is 16.7 Å². The Morgan fingerprint density at radius 3 is 2.71 bits per heavy atom. The first-order valence-electron chi connectivity index (χ1n) is 5.40. The highest BCUT2D eigenvalue weighted by atomic mass is 35.5. The highest BCUT2D eigenvalue weighted by molar-refractivity contribution is 6.31. The Labute approximate surface area is 105 Å². The number of aromatic nitrogens is 2. The highest BCUT2D eigenvalue weighted by Crippen LogP contribution is 2.27. The van der Waals surface area contributed by atoms with Crippen LogP contribution in [-0.4, -0.2) is 14.9 Å². The third-order valence-electron chi connectivity index (χ3n) is 2.85. The molecule has 0 aliphatic rings. The van der Waals surface area contributed by atoms with Gasteiger partial charge in [0.25, 0.3) is 0 Å². The molecule has 0 radical (unpaired) electrons. The number of hydrogen-bond acceptors (Lipinski definition) is 3. The van der Waals surface area contributed by atoms with Crippen molar-refractivity contribution in [2.75, 3.05) is 0 Å². The summed E-state index contributed by atoms with van der Waals surface area (Å²) in [6, 6.07) is 1.83. The summed E-state index contributed by atoms with van der Waals surface area (Å²) in [5.41, 5.74) is 2.52. The number of aliphatic hydroxyl groups excluding tert-OH is 1. The Morgan fingerprint density at radius 1 is 1.53 bits per heavy atom. The molecular weight excluding hydrogens is 240 g/mol. The average Bonchev–Trinajstić information content (AvgIpc) is 2.78. The second kappa shape index (κ2) is 4.55. The monoisotopic (exact) mass is 254 g/mol. The Morgan fingerprint density at radius 2 is 2.24 bits per heavy atom. The molecule has 0 aliphatic heterocycles. The van der Waals surface area contributed by atoms with Gasteiger partial charge in [-0.15, -0.1) is 0 Å². The summed E-state index contributed by atoms with van der Waals surface area (Å²) < 4.78 is 6.96. The predicted octanol–water partition coefficient (Wildman–Crippen LogP) is 2.56. The Kier molecular flexibility index (Phi) is 3.26.